The van der Waals surface area contributed by atoms with Gasteiger partial charge in [0.15, 0.2) is 0 Å². The molecule has 2 N–H and O–H groups in total. The van der Waals surface area contributed by atoms with Crippen molar-refractivity contribution in [1.29, 1.82) is 0 Å². The minimum Gasteiger partial charge on any atom is -0.360 e. The predicted molar refractivity (Wildman–Crippen MR) is 142 cm³/mol. The number of aromatic nitrogens is 3. The van der Waals surface area contributed by atoms with Crippen LogP contribution < -0.4 is 16.6 Å². The number of aryl methyl sites for hydroxylation is 3. The number of fused-ring (bicyclic) bond motifs is 1. The van der Waals surface area contributed by atoms with Gasteiger partial charge in [0.2, 0.25) is 0 Å². The molecule has 0 atom stereocenters. The van der Waals surface area contributed by atoms with E-state index in [1.54, 1.807) is 0 Å². The number of aromatic amines is 1. The van der Waals surface area contributed by atoms with Gasteiger partial charge in [0.05, 0.1) is 5.69 Å². The molecule has 5 rings (SSSR count). The summed E-state index contributed by atoms with van der Waals surface area (Å²) in [5, 5.41) is 7.31. The molecule has 0 radical (unpaired) electrons. The van der Waals surface area contributed by atoms with Crippen molar-refractivity contribution in [2.24, 2.45) is 5.92 Å². The Kier molecular flexibility index (Phi) is 7.04. The molecule has 1 saturated heterocycles. The van der Waals surface area contributed by atoms with Crippen LogP contribution >= 0.6 is 0 Å². The Morgan fingerprint density at radius 2 is 1.92 bits per heavy atom. The third kappa shape index (κ3) is 5.12. The fraction of sp³-hybridized carbons (Fsp3) is 0.500. The third-order valence-electron chi connectivity index (χ3n) is 7.61. The average molecular weight is 506 g/mol. The quantitative estimate of drug-likeness (QED) is 0.502. The van der Waals surface area contributed by atoms with Crippen LogP contribution in [0.1, 0.15) is 78.9 Å². The van der Waals surface area contributed by atoms with E-state index in [1.807, 2.05) is 31.7 Å². The molecule has 9 heteroatoms. The lowest BCUT2D eigenvalue weighted by Gasteiger charge is -2.32. The summed E-state index contributed by atoms with van der Waals surface area (Å²) >= 11 is 0. The minimum absolute atomic E-state index is 0.0442. The Balaban J connectivity index is 1.23. The first-order valence-electron chi connectivity index (χ1n) is 13.3. The van der Waals surface area contributed by atoms with E-state index in [2.05, 4.69) is 27.6 Å². The predicted octanol–water partition coefficient (Wildman–Crippen LogP) is 4.00. The Bertz CT molecular complexity index is 1380. The Morgan fingerprint density at radius 3 is 2.62 bits per heavy atom. The molecule has 2 aromatic heterocycles. The lowest BCUT2D eigenvalue weighted by molar-refractivity contribution is 0.0678. The van der Waals surface area contributed by atoms with Gasteiger partial charge in [-0.25, -0.2) is 4.79 Å². The molecule has 1 aliphatic carbocycles. The van der Waals surface area contributed by atoms with Crippen molar-refractivity contribution in [2.45, 2.75) is 71.8 Å². The summed E-state index contributed by atoms with van der Waals surface area (Å²) in [6.45, 7) is 7.43. The van der Waals surface area contributed by atoms with Gasteiger partial charge in [-0.15, -0.1) is 0 Å². The van der Waals surface area contributed by atoms with E-state index in [1.165, 1.54) is 21.8 Å². The van der Waals surface area contributed by atoms with Gasteiger partial charge in [0.1, 0.15) is 17.1 Å². The number of nitrogens with zero attached hydrogens (tertiary/aromatic N) is 3. The number of carbonyl (C=O) groups excluding carboxylic acids is 1. The van der Waals surface area contributed by atoms with Crippen molar-refractivity contribution in [1.82, 2.24) is 19.6 Å². The molecule has 3 heterocycles. The second-order valence-electron chi connectivity index (χ2n) is 10.5. The van der Waals surface area contributed by atoms with Gasteiger partial charge in [0, 0.05) is 37.8 Å². The van der Waals surface area contributed by atoms with Gasteiger partial charge in [-0.1, -0.05) is 32.0 Å². The number of hydrogen-bond acceptors (Lipinski definition) is 6. The number of H-pyrrole nitrogens is 1. The highest BCUT2D eigenvalue weighted by Crippen LogP contribution is 2.28. The molecule has 9 nitrogen and oxygen atoms in total. The van der Waals surface area contributed by atoms with Crippen molar-refractivity contribution >= 4 is 17.4 Å². The first-order valence-corrected chi connectivity index (χ1v) is 13.3. The molecule has 1 aliphatic heterocycles. The second-order valence-corrected chi connectivity index (χ2v) is 10.5. The molecule has 0 unspecified atom stereocenters. The molecule has 1 fully saturated rings. The summed E-state index contributed by atoms with van der Waals surface area (Å²) in [7, 11) is 0. The zero-order chi connectivity index (χ0) is 26.1. The molecule has 2 aliphatic rings. The van der Waals surface area contributed by atoms with E-state index in [0.717, 1.165) is 37.8 Å². The smallest absolute Gasteiger partial charge is 0.329 e. The van der Waals surface area contributed by atoms with E-state index in [-0.39, 0.29) is 23.3 Å². The van der Waals surface area contributed by atoms with E-state index < -0.39 is 5.69 Å². The molecule has 196 valence electrons. The Morgan fingerprint density at radius 1 is 1.16 bits per heavy atom. The van der Waals surface area contributed by atoms with Crippen LogP contribution in [0, 0.1) is 5.92 Å². The second kappa shape index (κ2) is 10.4. The molecule has 0 bridgehead atoms. The molecule has 1 amide bonds. The van der Waals surface area contributed by atoms with Gasteiger partial charge in [0.25, 0.3) is 11.5 Å². The standard InChI is InChI=1S/C28H35N5O4/c1-4-22-25(26(17(2)3)31-37-22)27(35)32-12-10-18(11-13-32)16-33-24(34)15-23(30-28(33)36)29-21-9-8-19-6-5-7-20(19)14-21/h8-9,14-15,17-18,29H,4-7,10-13,16H2,1-3H3,(H,30,36). The van der Waals surface area contributed by atoms with Crippen molar-refractivity contribution in [3.8, 4) is 0 Å². The van der Waals surface area contributed by atoms with Gasteiger partial charge < -0.3 is 14.7 Å². The maximum atomic E-state index is 13.3. The van der Waals surface area contributed by atoms with Crippen molar-refractivity contribution in [3.63, 3.8) is 0 Å². The highest BCUT2D eigenvalue weighted by Gasteiger charge is 2.30. The van der Waals surface area contributed by atoms with E-state index >= 15 is 0 Å². The highest BCUT2D eigenvalue weighted by atomic mass is 16.5. The van der Waals surface area contributed by atoms with E-state index in [9.17, 15) is 14.4 Å². The lowest BCUT2D eigenvalue weighted by atomic mass is 9.95. The first kappa shape index (κ1) is 25.0. The molecule has 1 aromatic carbocycles. The molecule has 0 saturated carbocycles. The van der Waals surface area contributed by atoms with Crippen molar-refractivity contribution in [3.05, 3.63) is 73.2 Å². The Labute approximate surface area is 215 Å². The van der Waals surface area contributed by atoms with Gasteiger partial charge >= 0.3 is 5.69 Å². The third-order valence-corrected chi connectivity index (χ3v) is 7.61. The summed E-state index contributed by atoms with van der Waals surface area (Å²) in [5.74, 6) is 1.21. The van der Waals surface area contributed by atoms with E-state index in [0.29, 0.717) is 48.9 Å². The van der Waals surface area contributed by atoms with Crippen LogP contribution in [-0.2, 0) is 25.8 Å². The number of benzene rings is 1. The molecule has 3 aromatic rings. The number of nitrogens with one attached hydrogen (secondary N) is 2. The van der Waals surface area contributed by atoms with Crippen LogP contribution in [0.25, 0.3) is 0 Å². The van der Waals surface area contributed by atoms with E-state index in [4.69, 9.17) is 4.52 Å². The summed E-state index contributed by atoms with van der Waals surface area (Å²) < 4.78 is 6.70. The number of hydrogen-bond donors (Lipinski definition) is 2. The average Bonchev–Trinajstić information content (AvgIpc) is 3.53. The minimum atomic E-state index is -0.423. The summed E-state index contributed by atoms with van der Waals surface area (Å²) in [4.78, 5) is 43.6. The van der Waals surface area contributed by atoms with Crippen LogP contribution in [0.15, 0.2) is 38.4 Å². The van der Waals surface area contributed by atoms with Crippen LogP contribution in [0.5, 0.6) is 0 Å². The number of rotatable bonds is 7. The summed E-state index contributed by atoms with van der Waals surface area (Å²) in [6, 6.07) is 7.63. The maximum Gasteiger partial charge on any atom is 0.329 e. The number of anilines is 2. The zero-order valence-electron chi connectivity index (χ0n) is 21.8. The molecule has 37 heavy (non-hydrogen) atoms. The Hall–Kier alpha value is -3.62. The first-order chi connectivity index (χ1) is 17.8. The van der Waals surface area contributed by atoms with Crippen molar-refractivity contribution in [2.75, 3.05) is 18.4 Å². The lowest BCUT2D eigenvalue weighted by Crippen LogP contribution is -2.42. The molecular weight excluding hydrogens is 470 g/mol. The van der Waals surface area contributed by atoms with Crippen LogP contribution in [0.4, 0.5) is 11.5 Å². The monoisotopic (exact) mass is 505 g/mol. The van der Waals surface area contributed by atoms with Crippen molar-refractivity contribution < 1.29 is 9.32 Å². The number of amides is 1. The van der Waals surface area contributed by atoms with Gasteiger partial charge in [-0.05, 0) is 67.2 Å². The summed E-state index contributed by atoms with van der Waals surface area (Å²) in [6.07, 6.45) is 5.38. The fourth-order valence-electron chi connectivity index (χ4n) is 5.50. The van der Waals surface area contributed by atoms with Crippen LogP contribution in [0.3, 0.4) is 0 Å². The molecule has 0 spiro atoms. The number of piperidine rings is 1. The number of carbonyl (C=O) groups is 1. The van der Waals surface area contributed by atoms with Gasteiger partial charge in [-0.2, -0.15) is 0 Å². The maximum absolute atomic E-state index is 13.3. The highest BCUT2D eigenvalue weighted by molar-refractivity contribution is 5.96. The normalized spacial score (nSPS) is 15.8. The zero-order valence-corrected chi connectivity index (χ0v) is 21.8. The molecular formula is C28H35N5O4. The topological polar surface area (TPSA) is 113 Å². The largest absolute Gasteiger partial charge is 0.360 e. The summed E-state index contributed by atoms with van der Waals surface area (Å²) in [5.41, 5.74) is 4.10. The number of likely N-dealkylation sites (tertiary alicyclic amines) is 1. The van der Waals surface area contributed by atoms with Crippen LogP contribution in [0.2, 0.25) is 0 Å². The SMILES string of the molecule is CCc1onc(C(C)C)c1C(=O)N1CCC(Cn2c(=O)cc(Nc3ccc4c(c3)CCC4)[nH]c2=O)CC1. The van der Waals surface area contributed by atoms with Gasteiger partial charge in [-0.3, -0.25) is 19.1 Å². The fourth-order valence-corrected chi connectivity index (χ4v) is 5.50. The van der Waals surface area contributed by atoms with Crippen LogP contribution in [-0.4, -0.2) is 38.6 Å².